The predicted molar refractivity (Wildman–Crippen MR) is 96.4 cm³/mol. The Morgan fingerprint density at radius 1 is 1.12 bits per heavy atom. The van der Waals surface area contributed by atoms with Crippen LogP contribution in [0.15, 0.2) is 23.1 Å². The number of thioether (sulfide) groups is 1. The van der Waals surface area contributed by atoms with E-state index in [1.165, 1.54) is 4.90 Å². The maximum Gasteiger partial charge on any atom is 0.293 e. The van der Waals surface area contributed by atoms with E-state index in [2.05, 4.69) is 0 Å². The lowest BCUT2D eigenvalue weighted by molar-refractivity contribution is -0.122. The Morgan fingerprint density at radius 2 is 1.88 bits per heavy atom. The van der Waals surface area contributed by atoms with Crippen LogP contribution in [-0.2, 0) is 4.79 Å². The molecule has 1 fully saturated rings. The highest BCUT2D eigenvalue weighted by Gasteiger charge is 2.34. The van der Waals surface area contributed by atoms with E-state index in [0.29, 0.717) is 36.2 Å². The zero-order chi connectivity index (χ0) is 17.5. The van der Waals surface area contributed by atoms with E-state index in [4.69, 9.17) is 9.47 Å². The summed E-state index contributed by atoms with van der Waals surface area (Å²) in [7, 11) is 0. The van der Waals surface area contributed by atoms with Gasteiger partial charge in [-0.05, 0) is 50.2 Å². The predicted octanol–water partition coefficient (Wildman–Crippen LogP) is 4.32. The Hall–Kier alpha value is -1.95. The van der Waals surface area contributed by atoms with Crippen molar-refractivity contribution in [1.82, 2.24) is 4.90 Å². The maximum absolute atomic E-state index is 12.4. The summed E-state index contributed by atoms with van der Waals surface area (Å²) in [6.07, 6.45) is 3.48. The first kappa shape index (κ1) is 18.4. The van der Waals surface area contributed by atoms with Crippen molar-refractivity contribution in [2.75, 3.05) is 19.8 Å². The molecule has 5 nitrogen and oxygen atoms in total. The van der Waals surface area contributed by atoms with E-state index >= 15 is 0 Å². The lowest BCUT2D eigenvalue weighted by atomic mass is 10.1. The van der Waals surface area contributed by atoms with Crippen LogP contribution in [0.1, 0.15) is 39.2 Å². The molecule has 1 heterocycles. The van der Waals surface area contributed by atoms with Crippen LogP contribution in [0.3, 0.4) is 0 Å². The lowest BCUT2D eigenvalue weighted by Gasteiger charge is -2.11. The normalized spacial score (nSPS) is 16.1. The molecule has 0 saturated carbocycles. The molecule has 1 aliphatic heterocycles. The fourth-order valence-electron chi connectivity index (χ4n) is 2.32. The molecule has 1 saturated heterocycles. The molecule has 0 aromatic heterocycles. The smallest absolute Gasteiger partial charge is 0.293 e. The highest BCUT2D eigenvalue weighted by Crippen LogP contribution is 2.35. The van der Waals surface area contributed by atoms with Crippen LogP contribution >= 0.6 is 11.8 Å². The van der Waals surface area contributed by atoms with Gasteiger partial charge >= 0.3 is 0 Å². The third kappa shape index (κ3) is 4.32. The SMILES string of the molecule is CCCCN1C(=O)S/C(=C\c2ccc(OCC)cc2OCC)C1=O. The molecule has 1 aromatic rings. The van der Waals surface area contributed by atoms with Crippen molar-refractivity contribution in [2.45, 2.75) is 33.6 Å². The zero-order valence-electron chi connectivity index (χ0n) is 14.3. The van der Waals surface area contributed by atoms with Crippen LogP contribution in [-0.4, -0.2) is 35.8 Å². The third-order valence-corrected chi connectivity index (χ3v) is 4.40. The molecule has 0 spiro atoms. The van der Waals surface area contributed by atoms with Crippen LogP contribution in [0, 0.1) is 0 Å². The van der Waals surface area contributed by atoms with Gasteiger partial charge in [-0.1, -0.05) is 13.3 Å². The van der Waals surface area contributed by atoms with Gasteiger partial charge in [0.2, 0.25) is 0 Å². The standard InChI is InChI=1S/C18H23NO4S/c1-4-7-10-19-17(20)16(24-18(19)21)11-13-8-9-14(22-5-2)12-15(13)23-6-3/h8-9,11-12H,4-7,10H2,1-3H3/b16-11-. The second kappa shape index (κ2) is 8.78. The summed E-state index contributed by atoms with van der Waals surface area (Å²) >= 11 is 0.980. The molecule has 0 bridgehead atoms. The summed E-state index contributed by atoms with van der Waals surface area (Å²) in [5.74, 6) is 1.13. The molecule has 0 N–H and O–H groups in total. The van der Waals surface area contributed by atoms with Gasteiger partial charge in [0, 0.05) is 18.2 Å². The summed E-state index contributed by atoms with van der Waals surface area (Å²) in [6, 6.07) is 5.48. The summed E-state index contributed by atoms with van der Waals surface area (Å²) in [5, 5.41) is -0.205. The summed E-state index contributed by atoms with van der Waals surface area (Å²) in [6.45, 7) is 7.40. The van der Waals surface area contributed by atoms with Gasteiger partial charge in [0.25, 0.3) is 11.1 Å². The number of amides is 2. The zero-order valence-corrected chi connectivity index (χ0v) is 15.1. The molecule has 6 heteroatoms. The number of hydrogen-bond donors (Lipinski definition) is 0. The van der Waals surface area contributed by atoms with Crippen molar-refractivity contribution < 1.29 is 19.1 Å². The second-order valence-corrected chi connectivity index (χ2v) is 6.25. The molecule has 0 radical (unpaired) electrons. The maximum atomic E-state index is 12.4. The Balaban J connectivity index is 2.26. The minimum Gasteiger partial charge on any atom is -0.494 e. The first-order valence-electron chi connectivity index (χ1n) is 8.25. The first-order valence-corrected chi connectivity index (χ1v) is 9.07. The van der Waals surface area contributed by atoms with E-state index in [1.807, 2.05) is 32.9 Å². The molecule has 2 rings (SSSR count). The monoisotopic (exact) mass is 349 g/mol. The number of rotatable bonds is 8. The molecular formula is C18H23NO4S. The van der Waals surface area contributed by atoms with Gasteiger partial charge in [0.1, 0.15) is 11.5 Å². The molecular weight excluding hydrogens is 326 g/mol. The van der Waals surface area contributed by atoms with Gasteiger partial charge in [-0.25, -0.2) is 0 Å². The van der Waals surface area contributed by atoms with E-state index in [-0.39, 0.29) is 11.1 Å². The number of carbonyl (C=O) groups excluding carboxylic acids is 2. The van der Waals surface area contributed by atoms with Crippen LogP contribution in [0.4, 0.5) is 4.79 Å². The highest BCUT2D eigenvalue weighted by atomic mass is 32.2. The van der Waals surface area contributed by atoms with Gasteiger partial charge in [-0.3, -0.25) is 14.5 Å². The van der Waals surface area contributed by atoms with Crippen molar-refractivity contribution in [3.8, 4) is 11.5 Å². The Labute approximate surface area is 147 Å². The quantitative estimate of drug-likeness (QED) is 0.654. The number of unbranched alkanes of at least 4 members (excludes halogenated alkanes) is 1. The van der Waals surface area contributed by atoms with Gasteiger partial charge < -0.3 is 9.47 Å². The largest absolute Gasteiger partial charge is 0.494 e. The van der Waals surface area contributed by atoms with Crippen molar-refractivity contribution in [3.05, 3.63) is 28.7 Å². The lowest BCUT2D eigenvalue weighted by Crippen LogP contribution is -2.29. The molecule has 130 valence electrons. The van der Waals surface area contributed by atoms with E-state index in [0.717, 1.165) is 30.2 Å². The second-order valence-electron chi connectivity index (χ2n) is 5.25. The van der Waals surface area contributed by atoms with Crippen LogP contribution in [0.5, 0.6) is 11.5 Å². The number of imide groups is 1. The summed E-state index contributed by atoms with van der Waals surface area (Å²) < 4.78 is 11.1. The van der Waals surface area contributed by atoms with Crippen LogP contribution in [0.25, 0.3) is 6.08 Å². The van der Waals surface area contributed by atoms with Gasteiger partial charge in [-0.15, -0.1) is 0 Å². The van der Waals surface area contributed by atoms with E-state index in [9.17, 15) is 9.59 Å². The summed E-state index contributed by atoms with van der Waals surface area (Å²) in [4.78, 5) is 26.2. The third-order valence-electron chi connectivity index (χ3n) is 3.49. The van der Waals surface area contributed by atoms with E-state index in [1.54, 1.807) is 12.1 Å². The van der Waals surface area contributed by atoms with Crippen molar-refractivity contribution >= 4 is 29.0 Å². The van der Waals surface area contributed by atoms with Crippen molar-refractivity contribution in [2.24, 2.45) is 0 Å². The average molecular weight is 349 g/mol. The fourth-order valence-corrected chi connectivity index (χ4v) is 3.18. The minimum atomic E-state index is -0.227. The van der Waals surface area contributed by atoms with E-state index < -0.39 is 0 Å². The topological polar surface area (TPSA) is 55.8 Å². The number of ether oxygens (including phenoxy) is 2. The number of benzene rings is 1. The molecule has 1 aromatic carbocycles. The molecule has 0 atom stereocenters. The fraction of sp³-hybridized carbons (Fsp3) is 0.444. The Bertz CT molecular complexity index is 642. The number of nitrogens with zero attached hydrogens (tertiary/aromatic N) is 1. The van der Waals surface area contributed by atoms with Gasteiger partial charge in [-0.2, -0.15) is 0 Å². The molecule has 24 heavy (non-hydrogen) atoms. The van der Waals surface area contributed by atoms with Gasteiger partial charge in [0.05, 0.1) is 18.1 Å². The highest BCUT2D eigenvalue weighted by molar-refractivity contribution is 8.18. The minimum absolute atomic E-state index is 0.205. The first-order chi connectivity index (χ1) is 11.6. The molecule has 0 aliphatic carbocycles. The molecule has 2 amide bonds. The van der Waals surface area contributed by atoms with Crippen molar-refractivity contribution in [3.63, 3.8) is 0 Å². The Kier molecular flexibility index (Phi) is 6.73. The number of hydrogen-bond acceptors (Lipinski definition) is 5. The summed E-state index contributed by atoms with van der Waals surface area (Å²) in [5.41, 5.74) is 0.765. The van der Waals surface area contributed by atoms with Gasteiger partial charge in [0.15, 0.2) is 0 Å². The van der Waals surface area contributed by atoms with Crippen LogP contribution < -0.4 is 9.47 Å². The Morgan fingerprint density at radius 3 is 2.54 bits per heavy atom. The van der Waals surface area contributed by atoms with Crippen LogP contribution in [0.2, 0.25) is 0 Å². The van der Waals surface area contributed by atoms with Crippen molar-refractivity contribution in [1.29, 1.82) is 0 Å². The number of carbonyl (C=O) groups is 2. The molecule has 1 aliphatic rings. The average Bonchev–Trinajstić information content (AvgIpc) is 2.82. The molecule has 0 unspecified atom stereocenters.